The highest BCUT2D eigenvalue weighted by molar-refractivity contribution is 7.95. The maximum absolute atomic E-state index is 12.3. The van der Waals surface area contributed by atoms with E-state index >= 15 is 0 Å². The summed E-state index contributed by atoms with van der Waals surface area (Å²) in [6, 6.07) is 16.9. The first-order valence-electron chi connectivity index (χ1n) is 8.42. The molecule has 0 saturated heterocycles. The van der Waals surface area contributed by atoms with Gasteiger partial charge in [0.25, 0.3) is 10.0 Å². The van der Waals surface area contributed by atoms with Crippen LogP contribution in [0.1, 0.15) is 5.56 Å². The van der Waals surface area contributed by atoms with E-state index in [0.29, 0.717) is 5.69 Å². The van der Waals surface area contributed by atoms with E-state index in [9.17, 15) is 8.42 Å². The zero-order valence-corrected chi connectivity index (χ0v) is 15.8. The first-order chi connectivity index (χ1) is 12.4. The lowest BCUT2D eigenvalue weighted by molar-refractivity contribution is 0.387. The van der Waals surface area contributed by atoms with Crippen molar-refractivity contribution in [2.75, 3.05) is 25.4 Å². The number of sulfonamides is 1. The van der Waals surface area contributed by atoms with E-state index in [0.717, 1.165) is 29.6 Å². The molecule has 1 N–H and O–H groups in total. The minimum Gasteiger partial charge on any atom is -0.346 e. The molecule has 0 fully saturated rings. The Morgan fingerprint density at radius 2 is 1.85 bits per heavy atom. The number of nitrogens with one attached hydrogen (secondary N) is 1. The number of hydrogen-bond donors (Lipinski definition) is 1. The fourth-order valence-electron chi connectivity index (χ4n) is 2.70. The van der Waals surface area contributed by atoms with Gasteiger partial charge in [0.05, 0.1) is 5.41 Å². The van der Waals surface area contributed by atoms with Crippen molar-refractivity contribution in [3.05, 3.63) is 71.8 Å². The predicted molar refractivity (Wildman–Crippen MR) is 109 cm³/mol. The lowest BCUT2D eigenvalue weighted by Crippen LogP contribution is -2.17. The molecule has 2 aromatic carbocycles. The molecule has 136 valence electrons. The summed E-state index contributed by atoms with van der Waals surface area (Å²) in [5.41, 5.74) is 2.49. The largest absolute Gasteiger partial charge is 0.346 e. The molecule has 0 radical (unpaired) electrons. The average molecular weight is 369 g/mol. The number of benzene rings is 2. The summed E-state index contributed by atoms with van der Waals surface area (Å²) in [4.78, 5) is 2.13. The summed E-state index contributed by atoms with van der Waals surface area (Å²) in [5.74, 6) is 0. The lowest BCUT2D eigenvalue weighted by Gasteiger charge is -2.11. The molecular weight excluding hydrogens is 346 g/mol. The Balaban J connectivity index is 1.75. The highest BCUT2D eigenvalue weighted by Gasteiger charge is 2.08. The number of rotatable bonds is 7. The first kappa shape index (κ1) is 18.2. The van der Waals surface area contributed by atoms with Crippen LogP contribution in [0.2, 0.25) is 0 Å². The van der Waals surface area contributed by atoms with Crippen molar-refractivity contribution >= 4 is 32.7 Å². The number of fused-ring (bicyclic) bond motifs is 1. The molecule has 0 aliphatic rings. The summed E-state index contributed by atoms with van der Waals surface area (Å²) in [5, 5.41) is 2.20. The van der Waals surface area contributed by atoms with E-state index in [4.69, 9.17) is 0 Å². The van der Waals surface area contributed by atoms with E-state index in [1.807, 2.05) is 68.8 Å². The molecule has 6 heteroatoms. The standard InChI is InChI=1S/C20H23N3O2S/c1-22(2)13-14-23-12-10-18-16-19(8-9-20(18)23)21-26(24,25)15-11-17-6-4-3-5-7-17/h3-12,15-16,21H,13-14H2,1-2H3/b15-11+. The SMILES string of the molecule is CN(C)CCn1ccc2cc(NS(=O)(=O)/C=C/c3ccccc3)ccc21. The minimum atomic E-state index is -3.56. The Kier molecular flexibility index (Phi) is 5.44. The van der Waals surface area contributed by atoms with Crippen molar-refractivity contribution in [1.29, 1.82) is 0 Å². The molecule has 3 rings (SSSR count). The van der Waals surface area contributed by atoms with E-state index in [2.05, 4.69) is 14.2 Å². The zero-order chi connectivity index (χ0) is 18.6. The molecule has 0 spiro atoms. The quantitative estimate of drug-likeness (QED) is 0.692. The molecule has 1 aromatic heterocycles. The van der Waals surface area contributed by atoms with Gasteiger partial charge in [0.1, 0.15) is 0 Å². The molecular formula is C20H23N3O2S. The van der Waals surface area contributed by atoms with Crippen molar-refractivity contribution in [3.8, 4) is 0 Å². The van der Waals surface area contributed by atoms with Crippen molar-refractivity contribution in [3.63, 3.8) is 0 Å². The van der Waals surface area contributed by atoms with Crippen LogP contribution in [-0.4, -0.2) is 38.5 Å². The van der Waals surface area contributed by atoms with Gasteiger partial charge in [-0.05, 0) is 50.0 Å². The number of hydrogen-bond acceptors (Lipinski definition) is 3. The molecule has 1 heterocycles. The van der Waals surface area contributed by atoms with Crippen LogP contribution in [0.3, 0.4) is 0 Å². The fraction of sp³-hybridized carbons (Fsp3) is 0.200. The van der Waals surface area contributed by atoms with Crippen LogP contribution in [-0.2, 0) is 16.6 Å². The number of likely N-dealkylation sites (N-methyl/N-ethyl adjacent to an activating group) is 1. The van der Waals surface area contributed by atoms with Crippen LogP contribution in [0.15, 0.2) is 66.2 Å². The number of aromatic nitrogens is 1. The molecule has 5 nitrogen and oxygen atoms in total. The number of anilines is 1. The Morgan fingerprint density at radius 1 is 1.08 bits per heavy atom. The minimum absolute atomic E-state index is 0.556. The summed E-state index contributed by atoms with van der Waals surface area (Å²) in [7, 11) is 0.526. The highest BCUT2D eigenvalue weighted by Crippen LogP contribution is 2.21. The molecule has 0 aliphatic carbocycles. The first-order valence-corrected chi connectivity index (χ1v) is 9.97. The van der Waals surface area contributed by atoms with Gasteiger partial charge >= 0.3 is 0 Å². The van der Waals surface area contributed by atoms with Gasteiger partial charge in [0.15, 0.2) is 0 Å². The van der Waals surface area contributed by atoms with Crippen molar-refractivity contribution in [1.82, 2.24) is 9.47 Å². The molecule has 0 bridgehead atoms. The third-order valence-electron chi connectivity index (χ3n) is 4.06. The Labute approximate surface area is 154 Å². The van der Waals surface area contributed by atoms with Gasteiger partial charge in [-0.15, -0.1) is 0 Å². The van der Waals surface area contributed by atoms with E-state index in [-0.39, 0.29) is 0 Å². The summed E-state index contributed by atoms with van der Waals surface area (Å²) in [6.07, 6.45) is 3.61. The van der Waals surface area contributed by atoms with Crippen LogP contribution in [0, 0.1) is 0 Å². The van der Waals surface area contributed by atoms with Gasteiger partial charge in [-0.3, -0.25) is 4.72 Å². The number of nitrogens with zero attached hydrogens (tertiary/aromatic N) is 2. The van der Waals surface area contributed by atoms with Crippen LogP contribution in [0.5, 0.6) is 0 Å². The second-order valence-corrected chi connectivity index (χ2v) is 8.01. The lowest BCUT2D eigenvalue weighted by atomic mass is 10.2. The monoisotopic (exact) mass is 369 g/mol. The van der Waals surface area contributed by atoms with Crippen LogP contribution in [0.25, 0.3) is 17.0 Å². The van der Waals surface area contributed by atoms with Crippen molar-refractivity contribution < 1.29 is 8.42 Å². The second-order valence-electron chi connectivity index (χ2n) is 6.45. The fourth-order valence-corrected chi connectivity index (χ4v) is 3.56. The summed E-state index contributed by atoms with van der Waals surface area (Å²) < 4.78 is 29.3. The Hall–Kier alpha value is -2.57. The summed E-state index contributed by atoms with van der Waals surface area (Å²) in [6.45, 7) is 1.84. The van der Waals surface area contributed by atoms with E-state index in [1.165, 1.54) is 5.41 Å². The van der Waals surface area contributed by atoms with Crippen molar-refractivity contribution in [2.45, 2.75) is 6.54 Å². The van der Waals surface area contributed by atoms with Crippen molar-refractivity contribution in [2.24, 2.45) is 0 Å². The third-order valence-corrected chi connectivity index (χ3v) is 5.07. The van der Waals surface area contributed by atoms with Gasteiger partial charge in [-0.1, -0.05) is 30.3 Å². The average Bonchev–Trinajstić information content (AvgIpc) is 3.01. The maximum atomic E-state index is 12.3. The Morgan fingerprint density at radius 3 is 2.58 bits per heavy atom. The summed E-state index contributed by atoms with van der Waals surface area (Å²) >= 11 is 0. The topological polar surface area (TPSA) is 54.3 Å². The Bertz CT molecular complexity index is 1010. The zero-order valence-electron chi connectivity index (χ0n) is 15.0. The van der Waals surface area contributed by atoms with Gasteiger partial charge in [0, 0.05) is 35.9 Å². The van der Waals surface area contributed by atoms with Gasteiger partial charge in [-0.25, -0.2) is 8.42 Å². The molecule has 26 heavy (non-hydrogen) atoms. The molecule has 0 aliphatic heterocycles. The van der Waals surface area contributed by atoms with Gasteiger partial charge in [0.2, 0.25) is 0 Å². The maximum Gasteiger partial charge on any atom is 0.255 e. The highest BCUT2D eigenvalue weighted by atomic mass is 32.2. The smallest absolute Gasteiger partial charge is 0.255 e. The van der Waals surface area contributed by atoms with Gasteiger partial charge in [-0.2, -0.15) is 0 Å². The molecule has 3 aromatic rings. The van der Waals surface area contributed by atoms with E-state index < -0.39 is 10.0 Å². The molecule has 0 saturated carbocycles. The predicted octanol–water partition coefficient (Wildman–Crippen LogP) is 3.62. The van der Waals surface area contributed by atoms with Gasteiger partial charge < -0.3 is 9.47 Å². The van der Waals surface area contributed by atoms with Crippen LogP contribution in [0.4, 0.5) is 5.69 Å². The normalized spacial score (nSPS) is 12.3. The van der Waals surface area contributed by atoms with E-state index in [1.54, 1.807) is 12.1 Å². The van der Waals surface area contributed by atoms with Crippen LogP contribution < -0.4 is 4.72 Å². The van der Waals surface area contributed by atoms with Crippen LogP contribution >= 0.6 is 0 Å². The molecule has 0 atom stereocenters. The third kappa shape index (κ3) is 4.74. The second kappa shape index (κ2) is 7.76. The molecule has 0 amide bonds. The molecule has 0 unspecified atom stereocenters.